The third kappa shape index (κ3) is 11.5. The first-order valence-electron chi connectivity index (χ1n) is 11.1. The van der Waals surface area contributed by atoms with Crippen LogP contribution in [0, 0.1) is 0 Å². The van der Waals surface area contributed by atoms with Crippen molar-refractivity contribution in [2.75, 3.05) is 25.9 Å². The summed E-state index contributed by atoms with van der Waals surface area (Å²) in [5.74, 6) is -0.0106. The Bertz CT molecular complexity index is 1000. The minimum Gasteiger partial charge on any atom is -0.345 e. The van der Waals surface area contributed by atoms with Crippen molar-refractivity contribution in [3.8, 4) is 0 Å². The van der Waals surface area contributed by atoms with Gasteiger partial charge in [-0.25, -0.2) is 0 Å². The van der Waals surface area contributed by atoms with Crippen molar-refractivity contribution in [1.82, 2.24) is 5.32 Å². The van der Waals surface area contributed by atoms with Gasteiger partial charge in [0.15, 0.2) is 5.78 Å². The van der Waals surface area contributed by atoms with E-state index < -0.39 is 13.4 Å². The van der Waals surface area contributed by atoms with E-state index in [2.05, 4.69) is 5.32 Å². The van der Waals surface area contributed by atoms with Crippen LogP contribution in [-0.2, 0) is 14.0 Å². The number of ketones is 1. The minimum atomic E-state index is -3.50. The summed E-state index contributed by atoms with van der Waals surface area (Å²) in [5.41, 5.74) is 1.59. The third-order valence-corrected chi connectivity index (χ3v) is 8.22. The van der Waals surface area contributed by atoms with Crippen molar-refractivity contribution in [3.05, 3.63) is 67.6 Å². The van der Waals surface area contributed by atoms with E-state index in [-0.39, 0.29) is 18.0 Å². The van der Waals surface area contributed by atoms with E-state index in [1.54, 1.807) is 38.1 Å². The van der Waals surface area contributed by atoms with E-state index in [0.717, 1.165) is 5.56 Å². The van der Waals surface area contributed by atoms with Crippen LogP contribution in [-0.4, -0.2) is 42.6 Å². The monoisotopic (exact) mass is 585 g/mol. The summed E-state index contributed by atoms with van der Waals surface area (Å²) in [6.45, 7) is 8.29. The lowest BCUT2D eigenvalue weighted by Gasteiger charge is -2.23. The number of rotatable bonds is 12. The van der Waals surface area contributed by atoms with Crippen LogP contribution in [0.2, 0.25) is 20.1 Å². The molecule has 0 bridgehead atoms. The molecule has 0 radical (unpaired) electrons. The molecule has 0 aliphatic rings. The topological polar surface area (TPSA) is 84.9 Å². The van der Waals surface area contributed by atoms with Crippen LogP contribution < -0.4 is 5.32 Å². The Labute approximate surface area is 227 Å². The lowest BCUT2D eigenvalue weighted by molar-refractivity contribution is -0.0871. The molecule has 0 aliphatic carbocycles. The Balaban J connectivity index is 0.000000462. The van der Waals surface area contributed by atoms with E-state index in [1.807, 2.05) is 19.1 Å². The largest absolute Gasteiger partial charge is 0.345 e. The highest BCUT2D eigenvalue weighted by atomic mass is 35.5. The zero-order valence-electron chi connectivity index (χ0n) is 20.2. The molecular weight excluding hydrogens is 555 g/mol. The predicted octanol–water partition coefficient (Wildman–Crippen LogP) is 7.86. The van der Waals surface area contributed by atoms with Gasteiger partial charge in [0, 0.05) is 31.0 Å². The predicted molar refractivity (Wildman–Crippen MR) is 146 cm³/mol. The van der Waals surface area contributed by atoms with Gasteiger partial charge >= 0.3 is 0 Å². The molecular formula is C24H32Cl4NO5P. The van der Waals surface area contributed by atoms with Gasteiger partial charge in [0.1, 0.15) is 0 Å². The summed E-state index contributed by atoms with van der Waals surface area (Å²) >= 11 is 23.2. The fraction of sp³-hybridized carbons (Fsp3) is 0.458. The van der Waals surface area contributed by atoms with Gasteiger partial charge in [0.2, 0.25) is 6.03 Å². The van der Waals surface area contributed by atoms with Gasteiger partial charge in [-0.1, -0.05) is 52.5 Å². The second-order valence-electron chi connectivity index (χ2n) is 7.58. The second-order valence-corrected chi connectivity index (χ2v) is 11.6. The molecule has 0 heterocycles. The van der Waals surface area contributed by atoms with Crippen LogP contribution in [0.5, 0.6) is 0 Å². The zero-order chi connectivity index (χ0) is 26.6. The molecule has 2 atom stereocenters. The Morgan fingerprint density at radius 2 is 1.51 bits per heavy atom. The standard InChI is InChI=1S/C16H26Cl2NO4P.C8H6Cl2O/c1-4-22-16(23-5-2)24(20,21)10-6-9-19-12(3)13-7-8-14(17)15(18)11-13;1-5(11)6-2-3-7(9)8(10)4-6/h7-8,11-12,16,19H,4-6,9-10H2,1-3H3,(H,20,21);2-4H,1H3. The summed E-state index contributed by atoms with van der Waals surface area (Å²) in [6.07, 6.45) is 0.675. The van der Waals surface area contributed by atoms with Crippen molar-refractivity contribution in [2.45, 2.75) is 46.2 Å². The zero-order valence-corrected chi connectivity index (χ0v) is 24.1. The van der Waals surface area contributed by atoms with Crippen LogP contribution in [0.25, 0.3) is 0 Å². The van der Waals surface area contributed by atoms with Crippen molar-refractivity contribution < 1.29 is 23.7 Å². The first kappa shape index (κ1) is 32.4. The minimum absolute atomic E-state index is 0.0106. The second kappa shape index (κ2) is 16.2. The smallest absolute Gasteiger partial charge is 0.255 e. The summed E-state index contributed by atoms with van der Waals surface area (Å²) < 4.78 is 22.8. The van der Waals surface area contributed by atoms with Gasteiger partial charge in [-0.2, -0.15) is 0 Å². The molecule has 6 nitrogen and oxygen atoms in total. The van der Waals surface area contributed by atoms with E-state index in [0.29, 0.717) is 51.8 Å². The highest BCUT2D eigenvalue weighted by molar-refractivity contribution is 7.58. The van der Waals surface area contributed by atoms with E-state index >= 15 is 0 Å². The number of hydrogen-bond acceptors (Lipinski definition) is 5. The van der Waals surface area contributed by atoms with Crippen molar-refractivity contribution >= 4 is 59.6 Å². The Morgan fingerprint density at radius 3 is 2.00 bits per heavy atom. The Kier molecular flexibility index (Phi) is 15.0. The summed E-state index contributed by atoms with van der Waals surface area (Å²) in [5, 5.41) is 5.22. The average molecular weight is 587 g/mol. The van der Waals surface area contributed by atoms with E-state index in [4.69, 9.17) is 55.9 Å². The summed E-state index contributed by atoms with van der Waals surface area (Å²) in [7, 11) is -3.50. The molecule has 35 heavy (non-hydrogen) atoms. The van der Waals surface area contributed by atoms with Crippen LogP contribution in [0.4, 0.5) is 0 Å². The number of benzene rings is 2. The van der Waals surface area contributed by atoms with Gasteiger partial charge in [0.05, 0.1) is 20.1 Å². The highest BCUT2D eigenvalue weighted by Crippen LogP contribution is 2.47. The SMILES string of the molecule is CC(=O)c1ccc(Cl)c(Cl)c1.CCOC(OCC)P(=O)(O)CCCNC(C)c1ccc(Cl)c(Cl)c1. The van der Waals surface area contributed by atoms with Gasteiger partial charge in [0.25, 0.3) is 7.37 Å². The van der Waals surface area contributed by atoms with Crippen LogP contribution in [0.1, 0.15) is 56.1 Å². The van der Waals surface area contributed by atoms with Gasteiger partial charge in [-0.3, -0.25) is 9.36 Å². The molecule has 0 saturated carbocycles. The third-order valence-electron chi connectivity index (χ3n) is 4.82. The molecule has 2 unspecified atom stereocenters. The number of ether oxygens (including phenoxy) is 2. The maximum atomic E-state index is 12.3. The molecule has 11 heteroatoms. The number of Topliss-reactive ketones (excluding diaryl/α,β-unsaturated/α-hetero) is 1. The maximum absolute atomic E-state index is 12.3. The Morgan fingerprint density at radius 1 is 0.971 bits per heavy atom. The van der Waals surface area contributed by atoms with Gasteiger partial charge < -0.3 is 19.7 Å². The Hall–Kier alpha value is -0.660. The number of carbonyl (C=O) groups excluding carboxylic acids is 1. The fourth-order valence-corrected chi connectivity index (χ4v) is 5.10. The lowest BCUT2D eigenvalue weighted by atomic mass is 10.1. The fourth-order valence-electron chi connectivity index (χ4n) is 2.91. The molecule has 0 aliphatic heterocycles. The molecule has 0 fully saturated rings. The maximum Gasteiger partial charge on any atom is 0.255 e. The molecule has 2 aromatic carbocycles. The van der Waals surface area contributed by atoms with Crippen molar-refractivity contribution in [2.24, 2.45) is 0 Å². The summed E-state index contributed by atoms with van der Waals surface area (Å²) in [4.78, 5) is 20.9. The van der Waals surface area contributed by atoms with E-state index in [1.165, 1.54) is 6.92 Å². The van der Waals surface area contributed by atoms with Gasteiger partial charge in [-0.15, -0.1) is 0 Å². The first-order chi connectivity index (χ1) is 16.4. The van der Waals surface area contributed by atoms with E-state index in [9.17, 15) is 14.3 Å². The molecule has 2 aromatic rings. The molecule has 196 valence electrons. The molecule has 0 aromatic heterocycles. The quantitative estimate of drug-likeness (QED) is 0.114. The molecule has 2 rings (SSSR count). The normalized spacial score (nSPS) is 13.7. The average Bonchev–Trinajstić information content (AvgIpc) is 2.80. The van der Waals surface area contributed by atoms with Crippen molar-refractivity contribution in [3.63, 3.8) is 0 Å². The van der Waals surface area contributed by atoms with Crippen LogP contribution in [0.3, 0.4) is 0 Å². The lowest BCUT2D eigenvalue weighted by Crippen LogP contribution is -2.23. The van der Waals surface area contributed by atoms with Crippen LogP contribution >= 0.6 is 53.8 Å². The van der Waals surface area contributed by atoms with Gasteiger partial charge in [-0.05, 0) is 76.6 Å². The van der Waals surface area contributed by atoms with Crippen molar-refractivity contribution in [1.29, 1.82) is 0 Å². The first-order valence-corrected chi connectivity index (χ1v) is 14.5. The van der Waals surface area contributed by atoms with Crippen LogP contribution in [0.15, 0.2) is 36.4 Å². The molecule has 0 spiro atoms. The highest BCUT2D eigenvalue weighted by Gasteiger charge is 2.31. The summed E-state index contributed by atoms with van der Waals surface area (Å²) in [6, 6.07) is 9.33. The number of nitrogens with one attached hydrogen (secondary N) is 1. The molecule has 0 saturated heterocycles. The number of halogens is 4. The number of carbonyl (C=O) groups is 1. The molecule has 0 amide bonds. The molecule has 2 N–H and O–H groups in total. The number of hydrogen-bond donors (Lipinski definition) is 2.